The number of rotatable bonds is 2. The van der Waals surface area contributed by atoms with E-state index < -0.39 is 0 Å². The second-order valence-corrected chi connectivity index (χ2v) is 15.8. The number of hydrogen-bond acceptors (Lipinski definition) is 0. The van der Waals surface area contributed by atoms with Gasteiger partial charge in [0, 0.05) is 0 Å². The number of aryl methyl sites for hydroxylation is 1. The molecule has 39 heavy (non-hydrogen) atoms. The van der Waals surface area contributed by atoms with E-state index in [0.29, 0.717) is 16.7 Å². The summed E-state index contributed by atoms with van der Waals surface area (Å²) in [4.78, 5) is 1.34. The normalized spacial score (nSPS) is 19.2. The van der Waals surface area contributed by atoms with Crippen LogP contribution in [-0.4, -0.2) is 11.3 Å². The summed E-state index contributed by atoms with van der Waals surface area (Å²) in [5, 5.41) is 4.06. The minimum atomic E-state index is 0.0402. The quantitative estimate of drug-likeness (QED) is 0.137. The van der Waals surface area contributed by atoms with E-state index in [0.717, 1.165) is 0 Å². The smallest absolute Gasteiger partial charge is 0.197 e. The van der Waals surface area contributed by atoms with Gasteiger partial charge in [-0.15, -0.1) is 17.7 Å². The van der Waals surface area contributed by atoms with Crippen molar-refractivity contribution >= 4 is 45.0 Å². The molecular formula is C37H43NS. The van der Waals surface area contributed by atoms with Crippen molar-refractivity contribution in [2.75, 3.05) is 0 Å². The van der Waals surface area contributed by atoms with Crippen molar-refractivity contribution in [3.05, 3.63) is 93.5 Å². The van der Waals surface area contributed by atoms with Crippen molar-refractivity contribution in [1.29, 1.82) is 0 Å². The maximum atomic E-state index is 4.48. The van der Waals surface area contributed by atoms with Crippen molar-refractivity contribution in [3.8, 4) is 0 Å². The van der Waals surface area contributed by atoms with Gasteiger partial charge in [0.15, 0.2) is 15.6 Å². The SMILES string of the molecule is C=[N+]1C=Cc2c([s+][c-]3cc(C4CC(C)(C)CC(C)(C)C4)ccc23)[C-]1c1cc(C(C)(C)C)c2ccccc2c1C. The second-order valence-electron chi connectivity index (χ2n) is 14.7. The lowest BCUT2D eigenvalue weighted by molar-refractivity contribution is -0.417. The van der Waals surface area contributed by atoms with Gasteiger partial charge < -0.3 is 0 Å². The maximum Gasteiger partial charge on any atom is 0.197 e. The second kappa shape index (κ2) is 8.83. The minimum absolute atomic E-state index is 0.0402. The average Bonchev–Trinajstić information content (AvgIpc) is 3.20. The Labute approximate surface area is 239 Å². The largest absolute Gasteiger partial charge is 0.257 e. The number of benzene rings is 3. The standard InChI is InChI=1S/C37H43NS/c1-23-26-12-10-11-13-27(26)31(35(2,3)4)19-30(23)33-34-29(16-17-38(33)9)28-15-14-24(18-32(28)39-34)25-20-36(5,6)22-37(7,8)21-25/h10-19,25H,9,20-22H2,1-8H3. The Balaban J connectivity index is 1.50. The highest BCUT2D eigenvalue weighted by atomic mass is 32.1. The summed E-state index contributed by atoms with van der Waals surface area (Å²) < 4.78 is 3.49. The van der Waals surface area contributed by atoms with Gasteiger partial charge >= 0.3 is 0 Å². The van der Waals surface area contributed by atoms with E-state index in [1.165, 1.54) is 78.9 Å². The summed E-state index contributed by atoms with van der Waals surface area (Å²) in [6.45, 7) is 23.5. The maximum absolute atomic E-state index is 4.48. The molecule has 4 aromatic rings. The first kappa shape index (κ1) is 26.4. The Hall–Kier alpha value is -2.84. The summed E-state index contributed by atoms with van der Waals surface area (Å²) in [6.07, 6.45) is 8.25. The number of nitrogens with zero attached hydrogens (tertiary/aromatic N) is 1. The van der Waals surface area contributed by atoms with Gasteiger partial charge in [0.2, 0.25) is 0 Å². The van der Waals surface area contributed by atoms with Crippen LogP contribution in [0.25, 0.3) is 26.9 Å². The molecule has 0 saturated heterocycles. The van der Waals surface area contributed by atoms with Crippen LogP contribution in [0.5, 0.6) is 0 Å². The number of thiophene rings is 1. The molecule has 3 aromatic carbocycles. The minimum Gasteiger partial charge on any atom is -0.257 e. The Morgan fingerprint density at radius 2 is 1.64 bits per heavy atom. The lowest BCUT2D eigenvalue weighted by atomic mass is 9.60. The lowest BCUT2D eigenvalue weighted by Gasteiger charge is -2.46. The van der Waals surface area contributed by atoms with Crippen LogP contribution in [0.2, 0.25) is 0 Å². The first-order chi connectivity index (χ1) is 18.2. The van der Waals surface area contributed by atoms with Gasteiger partial charge in [-0.3, -0.25) is 4.58 Å². The van der Waals surface area contributed by atoms with Crippen molar-refractivity contribution < 1.29 is 4.58 Å². The highest BCUT2D eigenvalue weighted by Crippen LogP contribution is 2.53. The van der Waals surface area contributed by atoms with Gasteiger partial charge in [0.05, 0.1) is 6.72 Å². The van der Waals surface area contributed by atoms with Crippen LogP contribution < -0.4 is 0 Å². The number of fused-ring (bicyclic) bond motifs is 4. The molecule has 1 aliphatic carbocycles. The van der Waals surface area contributed by atoms with Crippen molar-refractivity contribution in [1.82, 2.24) is 0 Å². The molecule has 0 atom stereocenters. The molecule has 0 N–H and O–H groups in total. The van der Waals surface area contributed by atoms with Gasteiger partial charge in [-0.25, -0.2) is 0 Å². The van der Waals surface area contributed by atoms with E-state index >= 15 is 0 Å². The molecule has 1 fully saturated rings. The van der Waals surface area contributed by atoms with Crippen molar-refractivity contribution in [2.45, 2.75) is 86.0 Å². The molecule has 6 rings (SSSR count). The third-order valence-electron chi connectivity index (χ3n) is 9.08. The molecule has 0 amide bonds. The molecule has 2 aliphatic rings. The predicted molar refractivity (Wildman–Crippen MR) is 171 cm³/mol. The average molecular weight is 534 g/mol. The predicted octanol–water partition coefficient (Wildman–Crippen LogP) is 10.6. The summed E-state index contributed by atoms with van der Waals surface area (Å²) in [5.74, 6) is 0.618. The lowest BCUT2D eigenvalue weighted by Crippen LogP contribution is -2.32. The summed E-state index contributed by atoms with van der Waals surface area (Å²) in [7, 11) is 0. The zero-order valence-corrected chi connectivity index (χ0v) is 25.9. The molecule has 0 bridgehead atoms. The van der Waals surface area contributed by atoms with Crippen LogP contribution in [0.4, 0.5) is 0 Å². The summed E-state index contributed by atoms with van der Waals surface area (Å²) in [6, 6.07) is 19.9. The Morgan fingerprint density at radius 3 is 2.31 bits per heavy atom. The molecular weight excluding hydrogens is 490 g/mol. The van der Waals surface area contributed by atoms with E-state index in [1.54, 1.807) is 0 Å². The fourth-order valence-corrected chi connectivity index (χ4v) is 9.16. The third kappa shape index (κ3) is 4.55. The summed E-state index contributed by atoms with van der Waals surface area (Å²) >= 11 is 1.94. The van der Waals surface area contributed by atoms with Gasteiger partial charge in [-0.1, -0.05) is 108 Å². The van der Waals surface area contributed by atoms with Crippen molar-refractivity contribution in [2.24, 2.45) is 10.8 Å². The Bertz CT molecular complexity index is 1640. The van der Waals surface area contributed by atoms with Crippen LogP contribution in [0.3, 0.4) is 0 Å². The van der Waals surface area contributed by atoms with E-state index in [1.807, 2.05) is 11.3 Å². The van der Waals surface area contributed by atoms with Gasteiger partial charge in [-0.05, 0) is 69.4 Å². The fourth-order valence-electron chi connectivity index (χ4n) is 7.84. The van der Waals surface area contributed by atoms with Crippen molar-refractivity contribution in [3.63, 3.8) is 0 Å². The zero-order valence-electron chi connectivity index (χ0n) is 25.0. The molecule has 0 unspecified atom stereocenters. The van der Waals surface area contributed by atoms with Crippen LogP contribution >= 0.6 is 11.3 Å². The zero-order chi connectivity index (χ0) is 27.9. The Kier molecular flexibility index (Phi) is 5.97. The van der Waals surface area contributed by atoms with Gasteiger partial charge in [0.25, 0.3) is 0 Å². The monoisotopic (exact) mass is 533 g/mol. The topological polar surface area (TPSA) is 3.01 Å². The molecule has 1 nitrogen and oxygen atoms in total. The van der Waals surface area contributed by atoms with Crippen LogP contribution in [0.1, 0.15) is 106 Å². The van der Waals surface area contributed by atoms with E-state index in [2.05, 4.69) is 127 Å². The fraction of sp³-hybridized carbons (Fsp3) is 0.405. The first-order valence-electron chi connectivity index (χ1n) is 14.5. The van der Waals surface area contributed by atoms with Crippen LogP contribution in [0, 0.1) is 23.8 Å². The molecule has 1 aliphatic heterocycles. The number of hydrogen-bond donors (Lipinski definition) is 0. The summed E-state index contributed by atoms with van der Waals surface area (Å²) in [5.41, 5.74) is 7.66. The Morgan fingerprint density at radius 1 is 0.974 bits per heavy atom. The molecule has 202 valence electrons. The van der Waals surface area contributed by atoms with Crippen LogP contribution in [0.15, 0.2) is 54.7 Å². The molecule has 2 heterocycles. The van der Waals surface area contributed by atoms with E-state index in [9.17, 15) is 0 Å². The molecule has 0 radical (unpaired) electrons. The van der Waals surface area contributed by atoms with Gasteiger partial charge in [0.1, 0.15) is 17.5 Å². The third-order valence-corrected chi connectivity index (χ3v) is 10.3. The van der Waals surface area contributed by atoms with Gasteiger partial charge in [-0.2, -0.15) is 0 Å². The highest BCUT2D eigenvalue weighted by Gasteiger charge is 2.39. The van der Waals surface area contributed by atoms with E-state index in [4.69, 9.17) is 0 Å². The highest BCUT2D eigenvalue weighted by molar-refractivity contribution is 7.19. The first-order valence-corrected chi connectivity index (χ1v) is 15.3. The van der Waals surface area contributed by atoms with Crippen LogP contribution in [-0.2, 0) is 5.41 Å². The molecule has 1 aromatic heterocycles. The van der Waals surface area contributed by atoms with E-state index in [-0.39, 0.29) is 5.41 Å². The molecule has 2 heteroatoms. The molecule has 0 spiro atoms. The molecule has 1 saturated carbocycles.